The standard InChI is InChI=1S/C17H18F2O3/c1-2-8-21-16-14(18)9-13(10-15(16)19)17(20)22-11-12-6-4-3-5-7-12/h1,9-10,12H,3-8,11H2. The zero-order valence-electron chi connectivity index (χ0n) is 12.2. The number of hydrogen-bond donors (Lipinski definition) is 0. The van der Waals surface area contributed by atoms with Crippen LogP contribution in [0.4, 0.5) is 8.78 Å². The van der Waals surface area contributed by atoms with Crippen LogP contribution in [0, 0.1) is 29.9 Å². The van der Waals surface area contributed by atoms with Gasteiger partial charge in [-0.25, -0.2) is 13.6 Å². The van der Waals surface area contributed by atoms with Crippen molar-refractivity contribution in [3.63, 3.8) is 0 Å². The molecule has 1 aliphatic carbocycles. The number of carbonyl (C=O) groups excluding carboxylic acids is 1. The van der Waals surface area contributed by atoms with Crippen LogP contribution in [0.25, 0.3) is 0 Å². The van der Waals surface area contributed by atoms with Gasteiger partial charge < -0.3 is 9.47 Å². The van der Waals surface area contributed by atoms with E-state index in [4.69, 9.17) is 15.9 Å². The molecule has 1 fully saturated rings. The second-order valence-electron chi connectivity index (χ2n) is 5.36. The van der Waals surface area contributed by atoms with E-state index in [0.29, 0.717) is 5.92 Å². The highest BCUT2D eigenvalue weighted by molar-refractivity contribution is 5.89. The van der Waals surface area contributed by atoms with Gasteiger partial charge in [-0.05, 0) is 30.9 Å². The smallest absolute Gasteiger partial charge is 0.338 e. The molecule has 0 bridgehead atoms. The first-order chi connectivity index (χ1) is 10.6. The topological polar surface area (TPSA) is 35.5 Å². The van der Waals surface area contributed by atoms with Crippen LogP contribution in [0.3, 0.4) is 0 Å². The zero-order chi connectivity index (χ0) is 15.9. The number of ether oxygens (including phenoxy) is 2. The molecule has 0 aliphatic heterocycles. The van der Waals surface area contributed by atoms with Gasteiger partial charge >= 0.3 is 5.97 Å². The van der Waals surface area contributed by atoms with Gasteiger partial charge in [0, 0.05) is 0 Å². The van der Waals surface area contributed by atoms with Gasteiger partial charge in [0.25, 0.3) is 0 Å². The molecule has 0 heterocycles. The van der Waals surface area contributed by atoms with Gasteiger partial charge in [-0.2, -0.15) is 0 Å². The van der Waals surface area contributed by atoms with Crippen molar-refractivity contribution in [2.45, 2.75) is 32.1 Å². The van der Waals surface area contributed by atoms with Crippen LogP contribution in [-0.4, -0.2) is 19.2 Å². The highest BCUT2D eigenvalue weighted by Gasteiger charge is 2.19. The van der Waals surface area contributed by atoms with Crippen molar-refractivity contribution in [2.75, 3.05) is 13.2 Å². The summed E-state index contributed by atoms with van der Waals surface area (Å²) in [4.78, 5) is 11.9. The molecule has 1 aliphatic rings. The number of halogens is 2. The van der Waals surface area contributed by atoms with E-state index in [1.807, 2.05) is 0 Å². The molecule has 0 saturated heterocycles. The molecule has 3 nitrogen and oxygen atoms in total. The summed E-state index contributed by atoms with van der Waals surface area (Å²) in [5.74, 6) is -0.800. The summed E-state index contributed by atoms with van der Waals surface area (Å²) in [7, 11) is 0. The molecule has 1 saturated carbocycles. The first-order valence-corrected chi connectivity index (χ1v) is 7.34. The van der Waals surface area contributed by atoms with E-state index in [2.05, 4.69) is 5.92 Å². The first kappa shape index (κ1) is 16.3. The molecular formula is C17H18F2O3. The normalized spacial score (nSPS) is 15.1. The highest BCUT2D eigenvalue weighted by Crippen LogP contribution is 2.26. The molecule has 0 atom stereocenters. The van der Waals surface area contributed by atoms with E-state index in [1.165, 1.54) is 6.42 Å². The number of benzene rings is 1. The van der Waals surface area contributed by atoms with Gasteiger partial charge in [0.2, 0.25) is 0 Å². The predicted octanol–water partition coefficient (Wildman–Crippen LogP) is 3.71. The number of terminal acetylenes is 1. The van der Waals surface area contributed by atoms with Crippen molar-refractivity contribution in [2.24, 2.45) is 5.92 Å². The van der Waals surface area contributed by atoms with E-state index in [0.717, 1.165) is 37.8 Å². The number of rotatable bonds is 5. The Kier molecular flexibility index (Phi) is 5.76. The van der Waals surface area contributed by atoms with Gasteiger partial charge in [-0.1, -0.05) is 25.2 Å². The van der Waals surface area contributed by atoms with Gasteiger partial charge in [0.15, 0.2) is 17.4 Å². The molecule has 0 unspecified atom stereocenters. The Morgan fingerprint density at radius 2 is 1.86 bits per heavy atom. The Labute approximate surface area is 128 Å². The fourth-order valence-electron chi connectivity index (χ4n) is 2.56. The molecule has 0 spiro atoms. The lowest BCUT2D eigenvalue weighted by Crippen LogP contribution is -2.17. The molecule has 0 aromatic heterocycles. The van der Waals surface area contributed by atoms with Crippen LogP contribution in [0.1, 0.15) is 42.5 Å². The predicted molar refractivity (Wildman–Crippen MR) is 77.5 cm³/mol. The van der Waals surface area contributed by atoms with E-state index in [9.17, 15) is 13.6 Å². The molecule has 22 heavy (non-hydrogen) atoms. The van der Waals surface area contributed by atoms with Crippen molar-refractivity contribution < 1.29 is 23.0 Å². The quantitative estimate of drug-likeness (QED) is 0.614. The van der Waals surface area contributed by atoms with Crippen LogP contribution in [0.5, 0.6) is 5.75 Å². The molecule has 118 valence electrons. The Hall–Kier alpha value is -2.09. The zero-order valence-corrected chi connectivity index (χ0v) is 12.2. The van der Waals surface area contributed by atoms with Gasteiger partial charge in [0.1, 0.15) is 6.61 Å². The number of esters is 1. The lowest BCUT2D eigenvalue weighted by Gasteiger charge is -2.21. The Balaban J connectivity index is 1.99. The molecule has 0 amide bonds. The summed E-state index contributed by atoms with van der Waals surface area (Å²) in [6.07, 6.45) is 10.5. The second kappa shape index (κ2) is 7.79. The van der Waals surface area contributed by atoms with Crippen LogP contribution in [0.2, 0.25) is 0 Å². The fraction of sp³-hybridized carbons (Fsp3) is 0.471. The molecule has 5 heteroatoms. The third-order valence-corrected chi connectivity index (χ3v) is 3.71. The van der Waals surface area contributed by atoms with E-state index >= 15 is 0 Å². The van der Waals surface area contributed by atoms with Crippen molar-refractivity contribution in [1.82, 2.24) is 0 Å². The maximum Gasteiger partial charge on any atom is 0.338 e. The third-order valence-electron chi connectivity index (χ3n) is 3.71. The molecule has 2 rings (SSSR count). The lowest BCUT2D eigenvalue weighted by molar-refractivity contribution is 0.0409. The summed E-state index contributed by atoms with van der Waals surface area (Å²) in [5.41, 5.74) is -0.168. The minimum atomic E-state index is -0.972. The minimum Gasteiger partial charge on any atom is -0.475 e. The first-order valence-electron chi connectivity index (χ1n) is 7.34. The summed E-state index contributed by atoms with van der Waals surface area (Å²) in [6, 6.07) is 1.80. The second-order valence-corrected chi connectivity index (χ2v) is 5.36. The Morgan fingerprint density at radius 3 is 2.45 bits per heavy atom. The van der Waals surface area contributed by atoms with Crippen LogP contribution < -0.4 is 4.74 Å². The summed E-state index contributed by atoms with van der Waals surface area (Å²) >= 11 is 0. The lowest BCUT2D eigenvalue weighted by atomic mass is 9.90. The maximum atomic E-state index is 13.7. The van der Waals surface area contributed by atoms with E-state index in [-0.39, 0.29) is 18.8 Å². The highest BCUT2D eigenvalue weighted by atomic mass is 19.1. The minimum absolute atomic E-state index is 0.168. The van der Waals surface area contributed by atoms with Crippen molar-refractivity contribution in [3.8, 4) is 18.1 Å². The number of hydrogen-bond acceptors (Lipinski definition) is 3. The maximum absolute atomic E-state index is 13.7. The van der Waals surface area contributed by atoms with Crippen molar-refractivity contribution in [1.29, 1.82) is 0 Å². The molecule has 1 aromatic rings. The van der Waals surface area contributed by atoms with Crippen LogP contribution >= 0.6 is 0 Å². The summed E-state index contributed by atoms with van der Waals surface area (Å²) < 4.78 is 37.4. The number of carbonyl (C=O) groups is 1. The van der Waals surface area contributed by atoms with Gasteiger partial charge in [0.05, 0.1) is 12.2 Å². The monoisotopic (exact) mass is 308 g/mol. The Morgan fingerprint density at radius 1 is 1.23 bits per heavy atom. The van der Waals surface area contributed by atoms with Crippen molar-refractivity contribution in [3.05, 3.63) is 29.3 Å². The third kappa shape index (κ3) is 4.20. The molecule has 0 N–H and O–H groups in total. The van der Waals surface area contributed by atoms with E-state index < -0.39 is 23.4 Å². The average Bonchev–Trinajstić information content (AvgIpc) is 2.52. The largest absolute Gasteiger partial charge is 0.475 e. The molecule has 1 aromatic carbocycles. The van der Waals surface area contributed by atoms with Crippen molar-refractivity contribution >= 4 is 5.97 Å². The van der Waals surface area contributed by atoms with E-state index in [1.54, 1.807) is 0 Å². The average molecular weight is 308 g/mol. The summed E-state index contributed by atoms with van der Waals surface area (Å²) in [6.45, 7) is 0.0384. The fourth-order valence-corrected chi connectivity index (χ4v) is 2.56. The van der Waals surface area contributed by atoms with Crippen LogP contribution in [0.15, 0.2) is 12.1 Å². The van der Waals surface area contributed by atoms with Crippen LogP contribution in [-0.2, 0) is 4.74 Å². The van der Waals surface area contributed by atoms with Gasteiger partial charge in [-0.15, -0.1) is 6.42 Å². The van der Waals surface area contributed by atoms with Gasteiger partial charge in [-0.3, -0.25) is 0 Å². The summed E-state index contributed by atoms with van der Waals surface area (Å²) in [5, 5.41) is 0. The molecule has 0 radical (unpaired) electrons. The Bertz CT molecular complexity index is 549. The SMILES string of the molecule is C#CCOc1c(F)cc(C(=O)OCC2CCCCC2)cc1F. The molecular weight excluding hydrogens is 290 g/mol.